The van der Waals surface area contributed by atoms with Gasteiger partial charge < -0.3 is 41.8 Å². The molecule has 20 heavy (non-hydrogen) atoms. The van der Waals surface area contributed by atoms with Crippen LogP contribution in [0.5, 0.6) is 0 Å². The fraction of sp³-hybridized carbons (Fsp3) is 0.0714. The van der Waals surface area contributed by atoms with Crippen molar-refractivity contribution in [2.24, 2.45) is 0 Å². The van der Waals surface area contributed by atoms with Gasteiger partial charge >= 0.3 is 26.2 Å². The summed E-state index contributed by atoms with van der Waals surface area (Å²) < 4.78 is 3.55. The standard InChI is InChI=1S/C14H11IN.3ClH.Zr/c1-10-7-11-9-14(15)16(13(11)8-10)12-5-3-2-4-6-12;;;;/h2-9H,1H3;3*1H;/q-1;;;;+4/p-3. The fourth-order valence-corrected chi connectivity index (χ4v) is 2.99. The van der Waals surface area contributed by atoms with Crippen LogP contribution >= 0.6 is 22.6 Å². The average molecular weight is 518 g/mol. The number of para-hydroxylation sites is 1. The molecular formula is C14H11Cl3INZr. The molecule has 0 saturated carbocycles. The summed E-state index contributed by atoms with van der Waals surface area (Å²) in [6.45, 7) is 2.14. The summed E-state index contributed by atoms with van der Waals surface area (Å²) in [5.74, 6) is 0. The Morgan fingerprint density at radius 2 is 1.60 bits per heavy atom. The van der Waals surface area contributed by atoms with E-state index in [4.69, 9.17) is 0 Å². The van der Waals surface area contributed by atoms with E-state index in [0.29, 0.717) is 0 Å². The van der Waals surface area contributed by atoms with Gasteiger partial charge in [-0.2, -0.15) is 0 Å². The maximum absolute atomic E-state index is 2.39. The first-order valence-corrected chi connectivity index (χ1v) is 6.33. The fourth-order valence-electron chi connectivity index (χ4n) is 2.12. The molecule has 3 rings (SSSR count). The summed E-state index contributed by atoms with van der Waals surface area (Å²) in [6.07, 6.45) is 0. The molecule has 104 valence electrons. The maximum Gasteiger partial charge on any atom is 4.00 e. The summed E-state index contributed by atoms with van der Waals surface area (Å²) in [5.41, 5.74) is 5.18. The van der Waals surface area contributed by atoms with Gasteiger partial charge in [0.25, 0.3) is 0 Å². The maximum atomic E-state index is 2.39. The molecule has 1 aliphatic carbocycles. The topological polar surface area (TPSA) is 4.93 Å². The van der Waals surface area contributed by atoms with Gasteiger partial charge in [0, 0.05) is 0 Å². The van der Waals surface area contributed by atoms with E-state index in [-0.39, 0.29) is 63.4 Å². The molecule has 0 radical (unpaired) electrons. The molecule has 1 nitrogen and oxygen atoms in total. The predicted octanol–water partition coefficient (Wildman–Crippen LogP) is -4.78. The van der Waals surface area contributed by atoms with Gasteiger partial charge in [0.05, 0.1) is 0 Å². The Labute approximate surface area is 170 Å². The normalized spacial score (nSPS) is 8.90. The SMILES string of the molecule is Cc1cc2c[c-](I)n(-c3ccccc3)c-2c1.[Cl-].[Cl-].[Cl-].[Zr+4]. The summed E-state index contributed by atoms with van der Waals surface area (Å²) in [7, 11) is 0. The Balaban J connectivity index is 0. The van der Waals surface area contributed by atoms with Crippen molar-refractivity contribution in [2.75, 3.05) is 0 Å². The van der Waals surface area contributed by atoms with Gasteiger partial charge in [0.1, 0.15) is 0 Å². The zero-order valence-electron chi connectivity index (χ0n) is 10.6. The molecule has 1 heterocycles. The molecule has 6 heteroatoms. The zero-order chi connectivity index (χ0) is 11.1. The van der Waals surface area contributed by atoms with E-state index in [1.54, 1.807) is 0 Å². The number of rotatable bonds is 1. The molecule has 0 fully saturated rings. The van der Waals surface area contributed by atoms with Crippen LogP contribution < -0.4 is 37.2 Å². The summed E-state index contributed by atoms with van der Waals surface area (Å²) >= 11 is 2.39. The molecule has 0 saturated heterocycles. The van der Waals surface area contributed by atoms with Crippen molar-refractivity contribution >= 4 is 22.6 Å². The van der Waals surface area contributed by atoms with E-state index in [1.807, 2.05) is 6.07 Å². The van der Waals surface area contributed by atoms with Crippen molar-refractivity contribution in [1.82, 2.24) is 4.57 Å². The molecule has 0 unspecified atom stereocenters. The van der Waals surface area contributed by atoms with Crippen LogP contribution in [0.4, 0.5) is 0 Å². The van der Waals surface area contributed by atoms with Gasteiger partial charge in [-0.3, -0.25) is 0 Å². The molecule has 1 aliphatic heterocycles. The van der Waals surface area contributed by atoms with Crippen molar-refractivity contribution in [2.45, 2.75) is 6.92 Å². The summed E-state index contributed by atoms with van der Waals surface area (Å²) in [4.78, 5) is 0. The quantitative estimate of drug-likeness (QED) is 0.226. The number of nitrogens with zero attached hydrogens (tertiary/aromatic N) is 1. The Hall–Kier alpha value is 0.593. The van der Waals surface area contributed by atoms with Crippen LogP contribution in [0.1, 0.15) is 5.56 Å². The molecule has 1 aromatic rings. The van der Waals surface area contributed by atoms with Crippen LogP contribution in [-0.2, 0) is 26.2 Å². The number of aryl methyl sites for hydroxylation is 1. The van der Waals surface area contributed by atoms with Crippen LogP contribution in [-0.4, -0.2) is 4.57 Å². The van der Waals surface area contributed by atoms with Gasteiger partial charge in [-0.15, -0.1) is 17.7 Å². The van der Waals surface area contributed by atoms with Crippen LogP contribution in [0.25, 0.3) is 16.9 Å². The second-order valence-corrected chi connectivity index (χ2v) is 5.12. The van der Waals surface area contributed by atoms with E-state index >= 15 is 0 Å². The van der Waals surface area contributed by atoms with Gasteiger partial charge in [0.2, 0.25) is 0 Å². The third kappa shape index (κ3) is 4.30. The first-order chi connectivity index (χ1) is 7.75. The van der Waals surface area contributed by atoms with Gasteiger partial charge in [-0.05, 0) is 16.3 Å². The zero-order valence-corrected chi connectivity index (χ0v) is 17.5. The number of fused-ring (bicyclic) bond motifs is 1. The molecule has 1 aromatic carbocycles. The van der Waals surface area contributed by atoms with Crippen molar-refractivity contribution in [1.29, 1.82) is 0 Å². The molecule has 0 spiro atoms. The van der Waals surface area contributed by atoms with E-state index in [1.165, 1.54) is 26.2 Å². The molecular weight excluding hydrogens is 507 g/mol. The van der Waals surface area contributed by atoms with E-state index < -0.39 is 0 Å². The molecule has 0 atom stereocenters. The van der Waals surface area contributed by atoms with E-state index in [9.17, 15) is 0 Å². The Morgan fingerprint density at radius 1 is 1.00 bits per heavy atom. The van der Waals surface area contributed by atoms with E-state index in [2.05, 4.69) is 76.5 Å². The second-order valence-electron chi connectivity index (χ2n) is 4.01. The Bertz CT molecular complexity index is 607. The van der Waals surface area contributed by atoms with Crippen molar-refractivity contribution < 1.29 is 63.4 Å². The molecule has 2 aliphatic rings. The van der Waals surface area contributed by atoms with Crippen LogP contribution in [0.15, 0.2) is 48.5 Å². The first-order valence-electron chi connectivity index (χ1n) is 5.25. The van der Waals surface area contributed by atoms with Crippen molar-refractivity contribution in [3.63, 3.8) is 0 Å². The molecule has 0 N–H and O–H groups in total. The largest absolute Gasteiger partial charge is 4.00 e. The minimum atomic E-state index is 0. The van der Waals surface area contributed by atoms with Gasteiger partial charge in [0.15, 0.2) is 0 Å². The summed E-state index contributed by atoms with van der Waals surface area (Å²) in [6, 6.07) is 17.2. The van der Waals surface area contributed by atoms with Crippen LogP contribution in [0.2, 0.25) is 0 Å². The number of aromatic nitrogens is 1. The number of benzene rings is 1. The third-order valence-electron chi connectivity index (χ3n) is 2.79. The second kappa shape index (κ2) is 9.58. The minimum absolute atomic E-state index is 0. The molecule has 0 aromatic heterocycles. The van der Waals surface area contributed by atoms with Crippen LogP contribution in [0, 0.1) is 10.6 Å². The molecule has 0 bridgehead atoms. The summed E-state index contributed by atoms with van der Waals surface area (Å²) in [5, 5.41) is 0. The van der Waals surface area contributed by atoms with Crippen molar-refractivity contribution in [3.8, 4) is 16.9 Å². The third-order valence-corrected chi connectivity index (χ3v) is 3.58. The average Bonchev–Trinajstić information content (AvgIpc) is 2.74. The smallest absolute Gasteiger partial charge is 1.00 e. The predicted molar refractivity (Wildman–Crippen MR) is 75.4 cm³/mol. The first kappa shape index (κ1) is 22.9. The minimum Gasteiger partial charge on any atom is -1.00 e. The number of hydrogen-bond donors (Lipinski definition) is 0. The van der Waals surface area contributed by atoms with Gasteiger partial charge in [-0.1, -0.05) is 70.2 Å². The number of hydrogen-bond acceptors (Lipinski definition) is 0. The molecule has 0 amide bonds. The van der Waals surface area contributed by atoms with Crippen molar-refractivity contribution in [3.05, 3.63) is 57.8 Å². The van der Waals surface area contributed by atoms with E-state index in [0.717, 1.165) is 0 Å². The van der Waals surface area contributed by atoms with Crippen LogP contribution in [0.3, 0.4) is 0 Å². The van der Waals surface area contributed by atoms with Gasteiger partial charge in [-0.25, -0.2) is 0 Å². The number of halogens is 4. The Morgan fingerprint density at radius 3 is 2.20 bits per heavy atom. The monoisotopic (exact) mass is 515 g/mol. The Kier molecular flexibility index (Phi) is 11.0.